The summed E-state index contributed by atoms with van der Waals surface area (Å²) in [5.74, 6) is -0.884. The molecule has 0 bridgehead atoms. The number of carbonyl (C=O) groups is 1. The summed E-state index contributed by atoms with van der Waals surface area (Å²) in [6, 6.07) is 7.06. The average Bonchev–Trinajstić information content (AvgIpc) is 2.13. The molecule has 0 aliphatic carbocycles. The van der Waals surface area contributed by atoms with Gasteiger partial charge in [0.05, 0.1) is 11.2 Å². The summed E-state index contributed by atoms with van der Waals surface area (Å²) in [4.78, 5) is 11.0. The topological polar surface area (TPSA) is 71.4 Å². The fraction of sp³-hybridized carbons (Fsp3) is 0.462. The molecule has 0 amide bonds. The van der Waals surface area contributed by atoms with Crippen molar-refractivity contribution in [2.75, 3.05) is 6.26 Å². The lowest BCUT2D eigenvalue weighted by Crippen LogP contribution is -2.26. The van der Waals surface area contributed by atoms with Gasteiger partial charge in [-0.1, -0.05) is 24.3 Å². The van der Waals surface area contributed by atoms with Crippen molar-refractivity contribution in [1.29, 1.82) is 0 Å². The highest BCUT2D eigenvalue weighted by atomic mass is 32.2. The highest BCUT2D eigenvalue weighted by molar-refractivity contribution is 7.89. The van der Waals surface area contributed by atoms with Crippen LogP contribution in [-0.2, 0) is 26.8 Å². The highest BCUT2D eigenvalue weighted by Gasteiger charge is 2.27. The SMILES string of the molecule is CC(C)(Cc1cccc(CS(C)(=O)=O)c1)C(=O)O. The van der Waals surface area contributed by atoms with E-state index in [1.54, 1.807) is 32.0 Å². The molecule has 0 aliphatic heterocycles. The van der Waals surface area contributed by atoms with Gasteiger partial charge in [-0.05, 0) is 31.4 Å². The zero-order valence-corrected chi connectivity index (χ0v) is 11.6. The molecule has 0 aromatic heterocycles. The molecule has 0 heterocycles. The fourth-order valence-corrected chi connectivity index (χ4v) is 2.50. The Morgan fingerprint density at radius 1 is 1.28 bits per heavy atom. The number of carboxylic acid groups (broad SMARTS) is 1. The first-order valence-corrected chi connectivity index (χ1v) is 7.65. The lowest BCUT2D eigenvalue weighted by molar-refractivity contribution is -0.146. The van der Waals surface area contributed by atoms with Crippen molar-refractivity contribution >= 4 is 15.8 Å². The maximum absolute atomic E-state index is 11.2. The molecule has 5 heteroatoms. The third-order valence-corrected chi connectivity index (χ3v) is 3.50. The van der Waals surface area contributed by atoms with Gasteiger partial charge in [-0.2, -0.15) is 0 Å². The van der Waals surface area contributed by atoms with E-state index in [4.69, 9.17) is 5.11 Å². The summed E-state index contributed by atoms with van der Waals surface area (Å²) in [7, 11) is -3.07. The van der Waals surface area contributed by atoms with Gasteiger partial charge in [-0.3, -0.25) is 4.79 Å². The van der Waals surface area contributed by atoms with E-state index in [2.05, 4.69) is 0 Å². The van der Waals surface area contributed by atoms with Crippen LogP contribution in [0.4, 0.5) is 0 Å². The summed E-state index contributed by atoms with van der Waals surface area (Å²) < 4.78 is 22.4. The molecule has 1 aromatic carbocycles. The molecule has 1 aromatic rings. The second-order valence-electron chi connectivity index (χ2n) is 5.26. The van der Waals surface area contributed by atoms with E-state index in [1.165, 1.54) is 6.26 Å². The molecule has 1 N–H and O–H groups in total. The van der Waals surface area contributed by atoms with E-state index in [0.29, 0.717) is 12.0 Å². The van der Waals surface area contributed by atoms with Crippen molar-refractivity contribution in [3.8, 4) is 0 Å². The third kappa shape index (κ3) is 4.49. The molecular weight excluding hydrogens is 252 g/mol. The van der Waals surface area contributed by atoms with Crippen LogP contribution in [0.15, 0.2) is 24.3 Å². The molecule has 0 fully saturated rings. The normalized spacial score (nSPS) is 12.4. The summed E-state index contributed by atoms with van der Waals surface area (Å²) in [5, 5.41) is 9.06. The van der Waals surface area contributed by atoms with Crippen LogP contribution < -0.4 is 0 Å². The smallest absolute Gasteiger partial charge is 0.309 e. The monoisotopic (exact) mass is 270 g/mol. The molecule has 18 heavy (non-hydrogen) atoms. The number of hydrogen-bond acceptors (Lipinski definition) is 3. The van der Waals surface area contributed by atoms with Crippen molar-refractivity contribution in [3.63, 3.8) is 0 Å². The Morgan fingerprint density at radius 3 is 2.33 bits per heavy atom. The predicted octanol–water partition coefficient (Wildman–Crippen LogP) is 1.88. The Hall–Kier alpha value is -1.36. The number of sulfone groups is 1. The van der Waals surface area contributed by atoms with E-state index in [9.17, 15) is 13.2 Å². The fourth-order valence-electron chi connectivity index (χ4n) is 1.72. The molecule has 0 aliphatic rings. The van der Waals surface area contributed by atoms with Gasteiger partial charge >= 0.3 is 5.97 Å². The molecule has 0 spiro atoms. The van der Waals surface area contributed by atoms with Gasteiger partial charge in [0.25, 0.3) is 0 Å². The molecule has 0 atom stereocenters. The van der Waals surface area contributed by atoms with Crippen molar-refractivity contribution in [3.05, 3.63) is 35.4 Å². The van der Waals surface area contributed by atoms with Crippen molar-refractivity contribution < 1.29 is 18.3 Å². The average molecular weight is 270 g/mol. The predicted molar refractivity (Wildman–Crippen MR) is 70.1 cm³/mol. The first-order chi connectivity index (χ1) is 8.10. The van der Waals surface area contributed by atoms with Gasteiger partial charge in [0, 0.05) is 6.26 Å². The minimum Gasteiger partial charge on any atom is -0.481 e. The van der Waals surface area contributed by atoms with Gasteiger partial charge in [0.1, 0.15) is 0 Å². The Bertz CT molecular complexity index is 544. The van der Waals surface area contributed by atoms with Crippen LogP contribution in [0.25, 0.3) is 0 Å². The third-order valence-electron chi connectivity index (χ3n) is 2.65. The van der Waals surface area contributed by atoms with Crippen molar-refractivity contribution in [1.82, 2.24) is 0 Å². The lowest BCUT2D eigenvalue weighted by Gasteiger charge is -2.19. The van der Waals surface area contributed by atoms with Crippen LogP contribution in [0.5, 0.6) is 0 Å². The van der Waals surface area contributed by atoms with E-state index in [0.717, 1.165) is 5.56 Å². The van der Waals surface area contributed by atoms with Crippen molar-refractivity contribution in [2.45, 2.75) is 26.0 Å². The molecule has 4 nitrogen and oxygen atoms in total. The maximum Gasteiger partial charge on any atom is 0.309 e. The zero-order valence-electron chi connectivity index (χ0n) is 10.8. The van der Waals surface area contributed by atoms with Gasteiger partial charge in [0.15, 0.2) is 9.84 Å². The zero-order chi connectivity index (χ0) is 14.0. The molecule has 0 radical (unpaired) electrons. The second kappa shape index (κ2) is 5.10. The van der Waals surface area contributed by atoms with Gasteiger partial charge < -0.3 is 5.11 Å². The summed E-state index contributed by atoms with van der Waals surface area (Å²) in [6.45, 7) is 3.30. The number of rotatable bonds is 5. The van der Waals surface area contributed by atoms with Crippen LogP contribution in [-0.4, -0.2) is 25.7 Å². The summed E-state index contributed by atoms with van der Waals surface area (Å²) >= 11 is 0. The van der Waals surface area contributed by atoms with Gasteiger partial charge in [-0.15, -0.1) is 0 Å². The summed E-state index contributed by atoms with van der Waals surface area (Å²) in [6.07, 6.45) is 1.56. The minimum atomic E-state index is -3.07. The van der Waals surface area contributed by atoms with E-state index in [1.807, 2.05) is 6.07 Å². The second-order valence-corrected chi connectivity index (χ2v) is 7.40. The minimum absolute atomic E-state index is 0.0195. The molecule has 100 valence electrons. The Kier molecular flexibility index (Phi) is 4.16. The Morgan fingerprint density at radius 2 is 1.83 bits per heavy atom. The number of benzene rings is 1. The van der Waals surface area contributed by atoms with E-state index >= 15 is 0 Å². The Labute approximate surface area is 108 Å². The van der Waals surface area contributed by atoms with Crippen molar-refractivity contribution in [2.24, 2.45) is 5.41 Å². The largest absolute Gasteiger partial charge is 0.481 e. The number of carboxylic acids is 1. The molecule has 1 rings (SSSR count). The van der Waals surface area contributed by atoms with Crippen LogP contribution in [0, 0.1) is 5.41 Å². The number of hydrogen-bond donors (Lipinski definition) is 1. The first-order valence-electron chi connectivity index (χ1n) is 5.59. The van der Waals surface area contributed by atoms with Crippen LogP contribution >= 0.6 is 0 Å². The molecular formula is C13H18O4S. The Balaban J connectivity index is 2.93. The van der Waals surface area contributed by atoms with Crippen LogP contribution in [0.1, 0.15) is 25.0 Å². The first kappa shape index (κ1) is 14.7. The summed E-state index contributed by atoms with van der Waals surface area (Å²) in [5.41, 5.74) is 0.670. The maximum atomic E-state index is 11.2. The van der Waals surface area contributed by atoms with Crippen LogP contribution in [0.2, 0.25) is 0 Å². The molecule has 0 unspecified atom stereocenters. The van der Waals surface area contributed by atoms with Gasteiger partial charge in [0.2, 0.25) is 0 Å². The standard InChI is InChI=1S/C13H18O4S/c1-13(2,12(14)15)8-10-5-4-6-11(7-10)9-18(3,16)17/h4-7H,8-9H2,1-3H3,(H,14,15). The van der Waals surface area contributed by atoms with E-state index < -0.39 is 21.2 Å². The molecule has 0 saturated heterocycles. The number of aliphatic carboxylic acids is 1. The van der Waals surface area contributed by atoms with Crippen LogP contribution in [0.3, 0.4) is 0 Å². The molecule has 0 saturated carbocycles. The quantitative estimate of drug-likeness (QED) is 0.886. The highest BCUT2D eigenvalue weighted by Crippen LogP contribution is 2.23. The lowest BCUT2D eigenvalue weighted by atomic mass is 9.85. The van der Waals surface area contributed by atoms with E-state index in [-0.39, 0.29) is 5.75 Å². The van der Waals surface area contributed by atoms with Gasteiger partial charge in [-0.25, -0.2) is 8.42 Å².